The zero-order chi connectivity index (χ0) is 22.8. The van der Waals surface area contributed by atoms with E-state index in [4.69, 9.17) is 11.6 Å². The van der Waals surface area contributed by atoms with Gasteiger partial charge in [-0.1, -0.05) is 17.7 Å². The van der Waals surface area contributed by atoms with Crippen LogP contribution in [0.2, 0.25) is 5.02 Å². The quantitative estimate of drug-likeness (QED) is 0.689. The lowest BCUT2D eigenvalue weighted by Crippen LogP contribution is -2.38. The van der Waals surface area contributed by atoms with Gasteiger partial charge in [0.1, 0.15) is 18.7 Å². The topological polar surface area (TPSA) is 86.7 Å². The number of aliphatic hydroxyl groups is 1. The molecule has 1 aliphatic heterocycles. The first-order chi connectivity index (χ1) is 14.6. The number of hydrogen-bond acceptors (Lipinski definition) is 4. The number of sulfonamides is 1. The minimum Gasteiger partial charge on any atom is -0.390 e. The Labute approximate surface area is 182 Å². The normalized spacial score (nSPS) is 20.3. The zero-order valence-electron chi connectivity index (χ0n) is 16.2. The van der Waals surface area contributed by atoms with Gasteiger partial charge in [0, 0.05) is 29.9 Å². The van der Waals surface area contributed by atoms with Crippen LogP contribution in [0.3, 0.4) is 0 Å². The maximum Gasteiger partial charge on any atom is 0.255 e. The average molecular weight is 477 g/mol. The molecule has 2 atom stereocenters. The SMILES string of the molecule is O=C(Nc1ccc(F)c(Cl)c1)c1ccc(CF)c(S(=O)(=O)N2CCC[C@H](O)[C@@H](F)C2)c1. The fourth-order valence-electron chi connectivity index (χ4n) is 3.25. The first kappa shape index (κ1) is 23.5. The average Bonchev–Trinajstić information content (AvgIpc) is 2.91. The number of hydrogen-bond donors (Lipinski definition) is 2. The van der Waals surface area contributed by atoms with E-state index in [1.165, 1.54) is 24.3 Å². The van der Waals surface area contributed by atoms with Crippen molar-refractivity contribution in [2.24, 2.45) is 0 Å². The number of alkyl halides is 2. The zero-order valence-corrected chi connectivity index (χ0v) is 17.8. The van der Waals surface area contributed by atoms with Crippen LogP contribution in [0.15, 0.2) is 41.3 Å². The molecule has 0 radical (unpaired) electrons. The monoisotopic (exact) mass is 476 g/mol. The maximum atomic E-state index is 14.1. The Kier molecular flexibility index (Phi) is 7.25. The van der Waals surface area contributed by atoms with Crippen LogP contribution >= 0.6 is 11.6 Å². The van der Waals surface area contributed by atoms with Crippen molar-refractivity contribution in [2.45, 2.75) is 36.7 Å². The lowest BCUT2D eigenvalue weighted by Gasteiger charge is -2.23. The number of halogens is 4. The second-order valence-electron chi connectivity index (χ2n) is 7.13. The summed E-state index contributed by atoms with van der Waals surface area (Å²) in [5.41, 5.74) is -0.0957. The molecule has 168 valence electrons. The van der Waals surface area contributed by atoms with E-state index in [0.29, 0.717) is 0 Å². The smallest absolute Gasteiger partial charge is 0.255 e. The fraction of sp³-hybridized carbons (Fsp3) is 0.350. The molecule has 1 amide bonds. The lowest BCUT2D eigenvalue weighted by molar-refractivity contribution is 0.0732. The summed E-state index contributed by atoms with van der Waals surface area (Å²) in [6.45, 7) is -1.73. The molecule has 6 nitrogen and oxygen atoms in total. The predicted molar refractivity (Wildman–Crippen MR) is 110 cm³/mol. The van der Waals surface area contributed by atoms with Crippen molar-refractivity contribution in [1.82, 2.24) is 4.31 Å². The van der Waals surface area contributed by atoms with Crippen LogP contribution in [0.1, 0.15) is 28.8 Å². The Hall–Kier alpha value is -2.14. The van der Waals surface area contributed by atoms with Gasteiger partial charge >= 0.3 is 0 Å². The van der Waals surface area contributed by atoms with Gasteiger partial charge in [-0.15, -0.1) is 0 Å². The first-order valence-corrected chi connectivity index (χ1v) is 11.2. The van der Waals surface area contributed by atoms with E-state index in [1.807, 2.05) is 0 Å². The van der Waals surface area contributed by atoms with Crippen molar-refractivity contribution in [3.63, 3.8) is 0 Å². The number of aliphatic hydroxyl groups excluding tert-OH is 1. The van der Waals surface area contributed by atoms with Crippen molar-refractivity contribution in [3.8, 4) is 0 Å². The van der Waals surface area contributed by atoms with Crippen molar-refractivity contribution in [1.29, 1.82) is 0 Å². The second kappa shape index (κ2) is 9.56. The number of nitrogens with one attached hydrogen (secondary N) is 1. The minimum absolute atomic E-state index is 0.0456. The Bertz CT molecular complexity index is 1080. The Morgan fingerprint density at radius 3 is 2.68 bits per heavy atom. The molecule has 0 spiro atoms. The van der Waals surface area contributed by atoms with Gasteiger partial charge in [-0.3, -0.25) is 4.79 Å². The molecule has 0 aromatic heterocycles. The molecule has 3 rings (SSSR count). The largest absolute Gasteiger partial charge is 0.390 e. The number of benzene rings is 2. The van der Waals surface area contributed by atoms with Crippen LogP contribution in [0.25, 0.3) is 0 Å². The predicted octanol–water partition coefficient (Wildman–Crippen LogP) is 3.68. The second-order valence-corrected chi connectivity index (χ2v) is 9.44. The Morgan fingerprint density at radius 1 is 1.26 bits per heavy atom. The van der Waals surface area contributed by atoms with E-state index in [9.17, 15) is 31.5 Å². The van der Waals surface area contributed by atoms with Gasteiger partial charge in [0.25, 0.3) is 5.91 Å². The van der Waals surface area contributed by atoms with E-state index >= 15 is 0 Å². The number of carbonyl (C=O) groups is 1. The van der Waals surface area contributed by atoms with Gasteiger partial charge in [0.15, 0.2) is 0 Å². The number of carbonyl (C=O) groups excluding carboxylic acids is 1. The van der Waals surface area contributed by atoms with E-state index in [-0.39, 0.29) is 41.2 Å². The summed E-state index contributed by atoms with van der Waals surface area (Å²) in [6, 6.07) is 6.95. The standard InChI is InChI=1S/C20H20ClF3N2O4S/c21-15-9-14(5-6-16(15)23)25-20(28)12-3-4-13(10-22)19(8-12)31(29,30)26-7-1-2-18(27)17(24)11-26/h3-6,8-9,17-18,27H,1-2,7,10-11H2,(H,25,28)/t17-,18-/m0/s1. The van der Waals surface area contributed by atoms with Gasteiger partial charge in [0.2, 0.25) is 10.0 Å². The molecule has 2 N–H and O–H groups in total. The molecule has 0 aliphatic carbocycles. The molecule has 1 aliphatic rings. The lowest BCUT2D eigenvalue weighted by atomic mass is 10.1. The summed E-state index contributed by atoms with van der Waals surface area (Å²) < 4.78 is 68.0. The third-order valence-electron chi connectivity index (χ3n) is 4.97. The fourth-order valence-corrected chi connectivity index (χ4v) is 5.14. The van der Waals surface area contributed by atoms with Crippen LogP contribution < -0.4 is 5.32 Å². The molecule has 11 heteroatoms. The number of rotatable bonds is 5. The summed E-state index contributed by atoms with van der Waals surface area (Å²) in [5, 5.41) is 11.9. The summed E-state index contributed by atoms with van der Waals surface area (Å²) in [5.74, 6) is -1.40. The Balaban J connectivity index is 1.92. The molecule has 0 saturated carbocycles. The summed E-state index contributed by atoms with van der Waals surface area (Å²) in [4.78, 5) is 12.1. The summed E-state index contributed by atoms with van der Waals surface area (Å²) >= 11 is 5.69. The molecule has 1 fully saturated rings. The maximum absolute atomic E-state index is 14.1. The van der Waals surface area contributed by atoms with Crippen molar-refractivity contribution < 1.29 is 31.5 Å². The van der Waals surface area contributed by atoms with E-state index in [0.717, 1.165) is 16.4 Å². The van der Waals surface area contributed by atoms with E-state index in [1.54, 1.807) is 0 Å². The molecular formula is C20H20ClF3N2O4S. The van der Waals surface area contributed by atoms with Crippen LogP contribution in [-0.4, -0.2) is 49.1 Å². The molecule has 31 heavy (non-hydrogen) atoms. The highest BCUT2D eigenvalue weighted by atomic mass is 35.5. The van der Waals surface area contributed by atoms with Crippen LogP contribution in [0.5, 0.6) is 0 Å². The van der Waals surface area contributed by atoms with Crippen molar-refractivity contribution >= 4 is 33.2 Å². The van der Waals surface area contributed by atoms with Gasteiger partial charge in [-0.25, -0.2) is 21.6 Å². The van der Waals surface area contributed by atoms with Crippen LogP contribution in [0, 0.1) is 5.82 Å². The minimum atomic E-state index is -4.33. The highest BCUT2D eigenvalue weighted by molar-refractivity contribution is 7.89. The molecular weight excluding hydrogens is 457 g/mol. The molecule has 1 saturated heterocycles. The van der Waals surface area contributed by atoms with Crippen LogP contribution in [0.4, 0.5) is 18.9 Å². The third-order valence-corrected chi connectivity index (χ3v) is 7.21. The summed E-state index contributed by atoms with van der Waals surface area (Å²) in [7, 11) is -4.33. The number of anilines is 1. The molecule has 2 aromatic rings. The molecule has 2 aromatic carbocycles. The van der Waals surface area contributed by atoms with Gasteiger partial charge in [-0.2, -0.15) is 4.31 Å². The van der Waals surface area contributed by atoms with Gasteiger partial charge in [-0.05, 0) is 43.2 Å². The molecule has 0 bridgehead atoms. The number of amides is 1. The third kappa shape index (κ3) is 5.20. The van der Waals surface area contributed by atoms with Gasteiger partial charge in [0.05, 0.1) is 16.0 Å². The highest BCUT2D eigenvalue weighted by Gasteiger charge is 2.34. The number of nitrogens with zero attached hydrogens (tertiary/aromatic N) is 1. The first-order valence-electron chi connectivity index (χ1n) is 9.41. The summed E-state index contributed by atoms with van der Waals surface area (Å²) in [6.07, 6.45) is -2.72. The van der Waals surface area contributed by atoms with Crippen LogP contribution in [-0.2, 0) is 16.7 Å². The Morgan fingerprint density at radius 2 is 2.00 bits per heavy atom. The van der Waals surface area contributed by atoms with Crippen molar-refractivity contribution in [3.05, 3.63) is 58.4 Å². The van der Waals surface area contributed by atoms with E-state index in [2.05, 4.69) is 5.32 Å². The van der Waals surface area contributed by atoms with Gasteiger partial charge < -0.3 is 10.4 Å². The van der Waals surface area contributed by atoms with E-state index < -0.39 is 52.1 Å². The molecule has 0 unspecified atom stereocenters. The molecule has 1 heterocycles. The highest BCUT2D eigenvalue weighted by Crippen LogP contribution is 2.27. The van der Waals surface area contributed by atoms with Crippen molar-refractivity contribution in [2.75, 3.05) is 18.4 Å².